The van der Waals surface area contributed by atoms with Crippen LogP contribution in [-0.4, -0.2) is 53.2 Å². The van der Waals surface area contributed by atoms with E-state index in [1.807, 2.05) is 0 Å². The fourth-order valence-electron chi connectivity index (χ4n) is 3.47. The molecule has 4 rings (SSSR count). The van der Waals surface area contributed by atoms with Crippen LogP contribution in [0.3, 0.4) is 0 Å². The van der Waals surface area contributed by atoms with Gasteiger partial charge in [-0.25, -0.2) is 9.59 Å². The zero-order valence-corrected chi connectivity index (χ0v) is 16.1. The van der Waals surface area contributed by atoms with Crippen molar-refractivity contribution in [2.24, 2.45) is 0 Å². The Morgan fingerprint density at radius 2 is 1.31 bits per heavy atom. The summed E-state index contributed by atoms with van der Waals surface area (Å²) in [7, 11) is 0. The molecule has 29 heavy (non-hydrogen) atoms. The summed E-state index contributed by atoms with van der Waals surface area (Å²) in [6, 6.07) is 26.1. The minimum Gasteiger partial charge on any atom is -0.473 e. The molecule has 150 valence electrons. The Balaban J connectivity index is 0.000000353. The standard InChI is InChI=1S/C21H22N2.C2H2O4/c1-2-10-20(11-3-1)23-15-13-22(14-16-23)17-19-9-6-8-18-7-4-5-12-21(18)19;3-1(4)2(5)6/h1-12H,13-17H2;(H,3,4)(H,5,6). The minimum absolute atomic E-state index is 1.05. The van der Waals surface area contributed by atoms with Gasteiger partial charge in [0, 0.05) is 38.4 Å². The minimum atomic E-state index is -1.82. The highest BCUT2D eigenvalue weighted by Gasteiger charge is 2.17. The highest BCUT2D eigenvalue weighted by atomic mass is 16.4. The maximum absolute atomic E-state index is 9.10. The summed E-state index contributed by atoms with van der Waals surface area (Å²) in [6.07, 6.45) is 0. The third-order valence-electron chi connectivity index (χ3n) is 4.95. The number of nitrogens with zero attached hydrogens (tertiary/aromatic N) is 2. The molecule has 1 saturated heterocycles. The average Bonchev–Trinajstić information content (AvgIpc) is 2.75. The summed E-state index contributed by atoms with van der Waals surface area (Å²) < 4.78 is 0. The predicted octanol–water partition coefficient (Wildman–Crippen LogP) is 3.32. The number of hydrogen-bond acceptors (Lipinski definition) is 4. The average molecular weight is 392 g/mol. The van der Waals surface area contributed by atoms with Crippen molar-refractivity contribution in [3.63, 3.8) is 0 Å². The molecular formula is C23H24N2O4. The Hall–Kier alpha value is -3.38. The maximum Gasteiger partial charge on any atom is 0.414 e. The van der Waals surface area contributed by atoms with Crippen LogP contribution in [0.1, 0.15) is 5.56 Å². The lowest BCUT2D eigenvalue weighted by atomic mass is 10.0. The van der Waals surface area contributed by atoms with Crippen LogP contribution in [0.25, 0.3) is 10.8 Å². The van der Waals surface area contributed by atoms with Gasteiger partial charge in [-0.2, -0.15) is 0 Å². The predicted molar refractivity (Wildman–Crippen MR) is 113 cm³/mol. The van der Waals surface area contributed by atoms with Crippen molar-refractivity contribution in [2.45, 2.75) is 6.54 Å². The number of rotatable bonds is 3. The van der Waals surface area contributed by atoms with E-state index >= 15 is 0 Å². The number of hydrogen-bond donors (Lipinski definition) is 2. The van der Waals surface area contributed by atoms with Gasteiger partial charge in [-0.15, -0.1) is 0 Å². The Morgan fingerprint density at radius 3 is 1.97 bits per heavy atom. The van der Waals surface area contributed by atoms with Gasteiger partial charge in [0.15, 0.2) is 0 Å². The summed E-state index contributed by atoms with van der Waals surface area (Å²) in [6.45, 7) is 5.50. The molecule has 3 aromatic carbocycles. The molecular weight excluding hydrogens is 368 g/mol. The van der Waals surface area contributed by atoms with Gasteiger partial charge < -0.3 is 15.1 Å². The third kappa shape index (κ3) is 5.56. The molecule has 0 bridgehead atoms. The number of carboxylic acids is 2. The van der Waals surface area contributed by atoms with Gasteiger partial charge in [0.2, 0.25) is 0 Å². The fourth-order valence-corrected chi connectivity index (χ4v) is 3.47. The molecule has 0 spiro atoms. The Morgan fingerprint density at radius 1 is 0.724 bits per heavy atom. The lowest BCUT2D eigenvalue weighted by Crippen LogP contribution is -2.45. The fraction of sp³-hybridized carbons (Fsp3) is 0.217. The van der Waals surface area contributed by atoms with Crippen molar-refractivity contribution >= 4 is 28.4 Å². The number of anilines is 1. The molecule has 0 saturated carbocycles. The Bertz CT molecular complexity index is 950. The van der Waals surface area contributed by atoms with E-state index in [-0.39, 0.29) is 0 Å². The first-order valence-corrected chi connectivity index (χ1v) is 9.50. The highest BCUT2D eigenvalue weighted by Crippen LogP contribution is 2.21. The molecule has 0 aliphatic carbocycles. The summed E-state index contributed by atoms with van der Waals surface area (Å²) in [5.41, 5.74) is 2.79. The lowest BCUT2D eigenvalue weighted by Gasteiger charge is -2.36. The van der Waals surface area contributed by atoms with Crippen molar-refractivity contribution in [1.29, 1.82) is 0 Å². The van der Waals surface area contributed by atoms with E-state index < -0.39 is 11.9 Å². The van der Waals surface area contributed by atoms with E-state index in [1.165, 1.54) is 22.0 Å². The van der Waals surface area contributed by atoms with Crippen molar-refractivity contribution in [1.82, 2.24) is 4.90 Å². The molecule has 2 N–H and O–H groups in total. The van der Waals surface area contributed by atoms with Crippen LogP contribution in [0.5, 0.6) is 0 Å². The van der Waals surface area contributed by atoms with Crippen molar-refractivity contribution in [3.8, 4) is 0 Å². The second-order valence-electron chi connectivity index (χ2n) is 6.85. The van der Waals surface area contributed by atoms with Crippen LogP contribution < -0.4 is 4.90 Å². The van der Waals surface area contributed by atoms with Gasteiger partial charge in [0.25, 0.3) is 0 Å². The smallest absolute Gasteiger partial charge is 0.414 e. The van der Waals surface area contributed by atoms with E-state index in [0.717, 1.165) is 32.7 Å². The first-order chi connectivity index (χ1) is 14.0. The van der Waals surface area contributed by atoms with Crippen LogP contribution in [0.2, 0.25) is 0 Å². The normalized spacial score (nSPS) is 14.1. The number of para-hydroxylation sites is 1. The van der Waals surface area contributed by atoms with Gasteiger partial charge in [-0.05, 0) is 28.5 Å². The molecule has 6 heteroatoms. The van der Waals surface area contributed by atoms with Crippen LogP contribution >= 0.6 is 0 Å². The van der Waals surface area contributed by atoms with E-state index in [0.29, 0.717) is 0 Å². The first kappa shape index (κ1) is 20.4. The molecule has 0 unspecified atom stereocenters. The maximum atomic E-state index is 9.10. The van der Waals surface area contributed by atoms with Crippen LogP contribution in [0, 0.1) is 0 Å². The zero-order chi connectivity index (χ0) is 20.6. The van der Waals surface area contributed by atoms with Crippen LogP contribution in [0.15, 0.2) is 72.8 Å². The molecule has 1 fully saturated rings. The Kier molecular flexibility index (Phi) is 6.81. The van der Waals surface area contributed by atoms with Crippen LogP contribution in [0.4, 0.5) is 5.69 Å². The topological polar surface area (TPSA) is 81.1 Å². The number of piperazine rings is 1. The van der Waals surface area contributed by atoms with Crippen LogP contribution in [-0.2, 0) is 16.1 Å². The highest BCUT2D eigenvalue weighted by molar-refractivity contribution is 6.27. The summed E-state index contributed by atoms with van der Waals surface area (Å²) >= 11 is 0. The number of benzene rings is 3. The number of fused-ring (bicyclic) bond motifs is 1. The number of aliphatic carboxylic acids is 2. The third-order valence-corrected chi connectivity index (χ3v) is 4.95. The molecule has 1 aliphatic rings. The van der Waals surface area contributed by atoms with Crippen molar-refractivity contribution < 1.29 is 19.8 Å². The van der Waals surface area contributed by atoms with E-state index in [2.05, 4.69) is 82.6 Å². The quantitative estimate of drug-likeness (QED) is 0.666. The van der Waals surface area contributed by atoms with Gasteiger partial charge >= 0.3 is 11.9 Å². The molecule has 1 aliphatic heterocycles. The number of carboxylic acid groups (broad SMARTS) is 2. The van der Waals surface area contributed by atoms with Gasteiger partial charge in [0.05, 0.1) is 0 Å². The Labute approximate surface area is 169 Å². The molecule has 0 radical (unpaired) electrons. The van der Waals surface area contributed by atoms with Crippen molar-refractivity contribution in [3.05, 3.63) is 78.4 Å². The lowest BCUT2D eigenvalue weighted by molar-refractivity contribution is -0.159. The monoisotopic (exact) mass is 392 g/mol. The molecule has 1 heterocycles. The number of carbonyl (C=O) groups is 2. The van der Waals surface area contributed by atoms with E-state index in [4.69, 9.17) is 19.8 Å². The molecule has 0 atom stereocenters. The second kappa shape index (κ2) is 9.71. The molecule has 0 aromatic heterocycles. The van der Waals surface area contributed by atoms with E-state index in [1.54, 1.807) is 0 Å². The van der Waals surface area contributed by atoms with Gasteiger partial charge in [0.1, 0.15) is 0 Å². The molecule has 6 nitrogen and oxygen atoms in total. The van der Waals surface area contributed by atoms with Crippen molar-refractivity contribution in [2.75, 3.05) is 31.1 Å². The summed E-state index contributed by atoms with van der Waals surface area (Å²) in [5.74, 6) is -3.65. The summed E-state index contributed by atoms with van der Waals surface area (Å²) in [4.78, 5) is 23.3. The van der Waals surface area contributed by atoms with E-state index in [9.17, 15) is 0 Å². The first-order valence-electron chi connectivity index (χ1n) is 9.50. The van der Waals surface area contributed by atoms with Gasteiger partial charge in [-0.3, -0.25) is 4.90 Å². The SMILES string of the molecule is O=C(O)C(=O)O.c1ccc(N2CCN(Cc3cccc4ccccc34)CC2)cc1. The largest absolute Gasteiger partial charge is 0.473 e. The van der Waals surface area contributed by atoms with Gasteiger partial charge in [-0.1, -0.05) is 60.7 Å². The summed E-state index contributed by atoms with van der Waals surface area (Å²) in [5, 5.41) is 17.5. The molecule has 3 aromatic rings. The second-order valence-corrected chi connectivity index (χ2v) is 6.85. The molecule has 0 amide bonds. The zero-order valence-electron chi connectivity index (χ0n) is 16.1.